The smallest absolute Gasteiger partial charge is 0.343 e. The Morgan fingerprint density at radius 2 is 1.58 bits per heavy atom. The largest absolute Gasteiger partial charge is 0.462 e. The number of hydrogen-bond donors (Lipinski definition) is 0. The lowest BCUT2D eigenvalue weighted by Crippen LogP contribution is -2.33. The van der Waals surface area contributed by atoms with Crippen molar-refractivity contribution in [2.45, 2.75) is 27.1 Å². The molecule has 0 radical (unpaired) electrons. The van der Waals surface area contributed by atoms with Gasteiger partial charge >= 0.3 is 5.97 Å². The highest BCUT2D eigenvalue weighted by atomic mass is 16.7. The molecule has 6 nitrogen and oxygen atoms in total. The van der Waals surface area contributed by atoms with Gasteiger partial charge in [0.2, 0.25) is 12.1 Å². The van der Waals surface area contributed by atoms with Crippen LogP contribution in [-0.4, -0.2) is 56.9 Å². The zero-order valence-corrected chi connectivity index (χ0v) is 12.3. The van der Waals surface area contributed by atoms with E-state index in [4.69, 9.17) is 14.2 Å². The Bertz CT molecular complexity index is 319. The number of ketones is 1. The summed E-state index contributed by atoms with van der Waals surface area (Å²) in [6, 6.07) is 0. The van der Waals surface area contributed by atoms with Crippen molar-refractivity contribution >= 4 is 11.8 Å². The Morgan fingerprint density at radius 3 is 1.95 bits per heavy atom. The number of nitrogens with zero attached hydrogens (tertiary/aromatic N) is 1. The van der Waals surface area contributed by atoms with Crippen LogP contribution in [0.5, 0.6) is 0 Å². The second kappa shape index (κ2) is 9.52. The van der Waals surface area contributed by atoms with Gasteiger partial charge in [0.25, 0.3) is 0 Å². The summed E-state index contributed by atoms with van der Waals surface area (Å²) in [7, 11) is 3.42. The summed E-state index contributed by atoms with van der Waals surface area (Å²) in [5.41, 5.74) is -0.0845. The van der Waals surface area contributed by atoms with Gasteiger partial charge in [0.1, 0.15) is 5.57 Å². The molecular formula is C13H23NO5. The van der Waals surface area contributed by atoms with Crippen LogP contribution < -0.4 is 0 Å². The van der Waals surface area contributed by atoms with E-state index in [2.05, 4.69) is 0 Å². The Labute approximate surface area is 114 Å². The average molecular weight is 273 g/mol. The van der Waals surface area contributed by atoms with Crippen LogP contribution in [-0.2, 0) is 23.8 Å². The van der Waals surface area contributed by atoms with Gasteiger partial charge in [-0.15, -0.1) is 0 Å². The number of rotatable bonds is 9. The van der Waals surface area contributed by atoms with Crippen LogP contribution in [0.15, 0.2) is 11.8 Å². The van der Waals surface area contributed by atoms with E-state index in [0.717, 1.165) is 0 Å². The zero-order valence-electron chi connectivity index (χ0n) is 12.3. The van der Waals surface area contributed by atoms with Gasteiger partial charge in [-0.25, -0.2) is 4.79 Å². The van der Waals surface area contributed by atoms with Crippen LogP contribution >= 0.6 is 0 Å². The lowest BCUT2D eigenvalue weighted by molar-refractivity contribution is -0.166. The summed E-state index contributed by atoms with van der Waals surface area (Å²) < 4.78 is 15.3. The second-order valence-electron chi connectivity index (χ2n) is 3.83. The molecule has 0 aromatic rings. The van der Waals surface area contributed by atoms with Crippen molar-refractivity contribution in [3.63, 3.8) is 0 Å². The van der Waals surface area contributed by atoms with Crippen LogP contribution in [0.25, 0.3) is 0 Å². The van der Waals surface area contributed by atoms with E-state index < -0.39 is 18.0 Å². The van der Waals surface area contributed by atoms with Crippen LogP contribution in [0.2, 0.25) is 0 Å². The maximum absolute atomic E-state index is 12.2. The predicted octanol–water partition coefficient (Wildman–Crippen LogP) is 0.963. The van der Waals surface area contributed by atoms with Gasteiger partial charge in [0.15, 0.2) is 0 Å². The van der Waals surface area contributed by atoms with E-state index in [-0.39, 0.29) is 12.2 Å². The quantitative estimate of drug-likeness (QED) is 0.205. The van der Waals surface area contributed by atoms with E-state index in [9.17, 15) is 9.59 Å². The van der Waals surface area contributed by atoms with E-state index in [1.165, 1.54) is 6.20 Å². The average Bonchev–Trinajstić information content (AvgIpc) is 2.35. The molecule has 0 aromatic carbocycles. The minimum Gasteiger partial charge on any atom is -0.462 e. The van der Waals surface area contributed by atoms with Crippen molar-refractivity contribution in [1.29, 1.82) is 0 Å². The van der Waals surface area contributed by atoms with Crippen molar-refractivity contribution in [3.05, 3.63) is 11.8 Å². The first kappa shape index (κ1) is 17.6. The van der Waals surface area contributed by atoms with E-state index >= 15 is 0 Å². The molecule has 0 aromatic heterocycles. The molecule has 0 heterocycles. The fraction of sp³-hybridized carbons (Fsp3) is 0.692. The minimum atomic E-state index is -1.08. The molecule has 0 unspecified atom stereocenters. The second-order valence-corrected chi connectivity index (χ2v) is 3.83. The maximum Gasteiger partial charge on any atom is 0.343 e. The fourth-order valence-electron chi connectivity index (χ4n) is 1.31. The highest BCUT2D eigenvalue weighted by Crippen LogP contribution is 2.09. The van der Waals surface area contributed by atoms with Crippen LogP contribution in [0.4, 0.5) is 0 Å². The van der Waals surface area contributed by atoms with Gasteiger partial charge < -0.3 is 19.1 Å². The highest BCUT2D eigenvalue weighted by Gasteiger charge is 2.28. The Morgan fingerprint density at radius 1 is 1.05 bits per heavy atom. The molecule has 6 heteroatoms. The molecule has 0 fully saturated rings. The fourth-order valence-corrected chi connectivity index (χ4v) is 1.31. The molecule has 0 saturated heterocycles. The molecule has 0 spiro atoms. The Hall–Kier alpha value is -1.40. The van der Waals surface area contributed by atoms with E-state index in [1.807, 2.05) is 0 Å². The SMILES string of the molecule is CCOC(=O)/C(=C/N(C)C)C(=O)C(OCC)OCC. The van der Waals surface area contributed by atoms with Crippen molar-refractivity contribution in [3.8, 4) is 0 Å². The molecule has 0 N–H and O–H groups in total. The third-order valence-corrected chi connectivity index (χ3v) is 2.00. The molecule has 0 bridgehead atoms. The maximum atomic E-state index is 12.2. The standard InChI is InChI=1S/C13H23NO5/c1-6-17-12(16)10(9-14(4)5)11(15)13(18-7-2)19-8-3/h9,13H,6-8H2,1-5H3/b10-9+. The third-order valence-electron chi connectivity index (χ3n) is 2.00. The van der Waals surface area contributed by atoms with Crippen molar-refractivity contribution in [1.82, 2.24) is 4.90 Å². The molecule has 0 atom stereocenters. The molecule has 0 aliphatic heterocycles. The zero-order chi connectivity index (χ0) is 14.8. The molecule has 19 heavy (non-hydrogen) atoms. The van der Waals surface area contributed by atoms with E-state index in [1.54, 1.807) is 39.8 Å². The number of hydrogen-bond acceptors (Lipinski definition) is 6. The Balaban J connectivity index is 5.12. The summed E-state index contributed by atoms with van der Waals surface area (Å²) in [5, 5.41) is 0. The summed E-state index contributed by atoms with van der Waals surface area (Å²) in [6.45, 7) is 6.00. The van der Waals surface area contributed by atoms with Gasteiger partial charge in [-0.1, -0.05) is 0 Å². The molecular weight excluding hydrogens is 250 g/mol. The van der Waals surface area contributed by atoms with Crippen molar-refractivity contribution < 1.29 is 23.8 Å². The monoisotopic (exact) mass is 273 g/mol. The number of carbonyl (C=O) groups excluding carboxylic acids is 2. The van der Waals surface area contributed by atoms with Crippen molar-refractivity contribution in [2.75, 3.05) is 33.9 Å². The Kier molecular flexibility index (Phi) is 8.82. The molecule has 0 amide bonds. The highest BCUT2D eigenvalue weighted by molar-refractivity contribution is 6.18. The van der Waals surface area contributed by atoms with Gasteiger partial charge in [-0.2, -0.15) is 0 Å². The lowest BCUT2D eigenvalue weighted by Gasteiger charge is -2.17. The van der Waals surface area contributed by atoms with Gasteiger partial charge in [0.05, 0.1) is 6.61 Å². The lowest BCUT2D eigenvalue weighted by atomic mass is 10.1. The third kappa shape index (κ3) is 6.35. The van der Waals surface area contributed by atoms with Gasteiger partial charge in [0, 0.05) is 33.5 Å². The van der Waals surface area contributed by atoms with Crippen molar-refractivity contribution in [2.24, 2.45) is 0 Å². The molecule has 0 rings (SSSR count). The first-order chi connectivity index (χ1) is 8.97. The number of carbonyl (C=O) groups is 2. The normalized spacial score (nSPS) is 11.6. The number of esters is 1. The minimum absolute atomic E-state index is 0.0845. The summed E-state index contributed by atoms with van der Waals surface area (Å²) in [5.74, 6) is -1.21. The molecule has 110 valence electrons. The first-order valence-corrected chi connectivity index (χ1v) is 6.30. The van der Waals surface area contributed by atoms with Gasteiger partial charge in [-0.3, -0.25) is 4.79 Å². The topological polar surface area (TPSA) is 65.1 Å². The summed E-state index contributed by atoms with van der Waals surface area (Å²) >= 11 is 0. The van der Waals surface area contributed by atoms with Crippen LogP contribution in [0, 0.1) is 0 Å². The van der Waals surface area contributed by atoms with E-state index in [0.29, 0.717) is 13.2 Å². The van der Waals surface area contributed by atoms with Crippen LogP contribution in [0.1, 0.15) is 20.8 Å². The number of Topliss-reactive ketones (excluding diaryl/α,β-unsaturated/α-hetero) is 1. The van der Waals surface area contributed by atoms with Gasteiger partial charge in [-0.05, 0) is 20.8 Å². The predicted molar refractivity (Wildman–Crippen MR) is 70.5 cm³/mol. The molecule has 0 saturated carbocycles. The number of ether oxygens (including phenoxy) is 3. The summed E-state index contributed by atoms with van der Waals surface area (Å²) in [6.07, 6.45) is 0.330. The molecule has 0 aliphatic rings. The molecule has 0 aliphatic carbocycles. The van der Waals surface area contributed by atoms with Crippen LogP contribution in [0.3, 0.4) is 0 Å². The first-order valence-electron chi connectivity index (χ1n) is 6.30. The summed E-state index contributed by atoms with van der Waals surface area (Å²) in [4.78, 5) is 25.6.